The molecule has 0 bridgehead atoms. The summed E-state index contributed by atoms with van der Waals surface area (Å²) in [6, 6.07) is 9.63. The fourth-order valence-corrected chi connectivity index (χ4v) is 4.79. The van der Waals surface area contributed by atoms with E-state index in [0.717, 1.165) is 35.0 Å². The molecule has 0 spiro atoms. The van der Waals surface area contributed by atoms with Crippen molar-refractivity contribution in [2.75, 3.05) is 46.9 Å². The molecule has 11 heteroatoms. The Morgan fingerprint density at radius 3 is 2.55 bits per heavy atom. The Labute approximate surface area is 225 Å². The summed E-state index contributed by atoms with van der Waals surface area (Å²) in [6.07, 6.45) is 4.56. The fraction of sp³-hybridized carbons (Fsp3) is 0.333. The Hall–Kier alpha value is -3.80. The number of benzene rings is 1. The maximum Gasteiger partial charge on any atom is 0.274 e. The van der Waals surface area contributed by atoms with Gasteiger partial charge in [0.05, 0.1) is 24.7 Å². The normalized spacial score (nSPS) is 14.9. The van der Waals surface area contributed by atoms with Gasteiger partial charge in [0, 0.05) is 62.2 Å². The lowest BCUT2D eigenvalue weighted by Crippen LogP contribution is -2.47. The van der Waals surface area contributed by atoms with Crippen molar-refractivity contribution in [2.24, 2.45) is 0 Å². The van der Waals surface area contributed by atoms with E-state index in [9.17, 15) is 4.79 Å². The van der Waals surface area contributed by atoms with Gasteiger partial charge in [0.25, 0.3) is 5.91 Å². The number of aromatic amines is 1. The standard InChI is InChI=1S/C27H30N6O4S/c1-18(17-35-3)36-20-12-19(22-4-5-23(31-22)26-28-6-11-38-26)13-21(14-20)37-25-16-29-24(15-30-25)27(34)33-9-7-32(2)8-10-33/h4-6,11-16,18,31H,7-10,17H2,1-3H3. The minimum atomic E-state index is -0.155. The molecule has 0 saturated carbocycles. The van der Waals surface area contributed by atoms with E-state index in [-0.39, 0.29) is 17.9 Å². The molecule has 4 heterocycles. The maximum absolute atomic E-state index is 12.8. The van der Waals surface area contributed by atoms with Crippen molar-refractivity contribution >= 4 is 17.2 Å². The third-order valence-electron chi connectivity index (χ3n) is 6.14. The van der Waals surface area contributed by atoms with Crippen LogP contribution in [0.15, 0.2) is 54.3 Å². The molecule has 1 amide bonds. The second kappa shape index (κ2) is 11.7. The van der Waals surface area contributed by atoms with E-state index in [1.54, 1.807) is 35.6 Å². The molecule has 38 heavy (non-hydrogen) atoms. The molecule has 0 radical (unpaired) electrons. The summed E-state index contributed by atoms with van der Waals surface area (Å²) < 4.78 is 17.4. The number of methoxy groups -OCH3 is 1. The Bertz CT molecular complexity index is 1350. The van der Waals surface area contributed by atoms with E-state index in [1.165, 1.54) is 12.4 Å². The Balaban J connectivity index is 1.36. The van der Waals surface area contributed by atoms with Gasteiger partial charge in [0.1, 0.15) is 28.3 Å². The number of ether oxygens (including phenoxy) is 3. The predicted molar refractivity (Wildman–Crippen MR) is 145 cm³/mol. The molecule has 1 aliphatic heterocycles. The van der Waals surface area contributed by atoms with Gasteiger partial charge in [0.2, 0.25) is 5.88 Å². The van der Waals surface area contributed by atoms with Crippen molar-refractivity contribution in [1.29, 1.82) is 0 Å². The minimum absolute atomic E-state index is 0.121. The van der Waals surface area contributed by atoms with Gasteiger partial charge in [-0.05, 0) is 38.2 Å². The highest BCUT2D eigenvalue weighted by molar-refractivity contribution is 7.13. The van der Waals surface area contributed by atoms with Crippen molar-refractivity contribution in [2.45, 2.75) is 13.0 Å². The summed E-state index contributed by atoms with van der Waals surface area (Å²) in [4.78, 5) is 33.3. The molecular weight excluding hydrogens is 504 g/mol. The quantitative estimate of drug-likeness (QED) is 0.341. The Kier molecular flexibility index (Phi) is 7.97. The monoisotopic (exact) mass is 534 g/mol. The zero-order valence-electron chi connectivity index (χ0n) is 21.6. The lowest BCUT2D eigenvalue weighted by molar-refractivity contribution is 0.0657. The van der Waals surface area contributed by atoms with Crippen LogP contribution in [0.3, 0.4) is 0 Å². The highest BCUT2D eigenvalue weighted by Gasteiger charge is 2.22. The summed E-state index contributed by atoms with van der Waals surface area (Å²) in [5, 5.41) is 2.86. The van der Waals surface area contributed by atoms with Crippen LogP contribution < -0.4 is 9.47 Å². The second-order valence-corrected chi connectivity index (χ2v) is 10.0. The minimum Gasteiger partial charge on any atom is -0.488 e. The van der Waals surface area contributed by atoms with E-state index in [4.69, 9.17) is 14.2 Å². The summed E-state index contributed by atoms with van der Waals surface area (Å²) >= 11 is 1.57. The molecule has 1 atom stereocenters. The number of carbonyl (C=O) groups is 1. The number of rotatable bonds is 9. The van der Waals surface area contributed by atoms with Crippen LogP contribution in [-0.4, -0.2) is 88.7 Å². The average Bonchev–Trinajstić information content (AvgIpc) is 3.62. The van der Waals surface area contributed by atoms with Crippen molar-refractivity contribution in [3.63, 3.8) is 0 Å². The summed E-state index contributed by atoms with van der Waals surface area (Å²) in [5.41, 5.74) is 3.00. The number of aromatic nitrogens is 4. The number of hydrogen-bond donors (Lipinski definition) is 1. The van der Waals surface area contributed by atoms with E-state index in [0.29, 0.717) is 36.9 Å². The third-order valence-corrected chi connectivity index (χ3v) is 6.94. The van der Waals surface area contributed by atoms with Gasteiger partial charge in [-0.3, -0.25) is 4.79 Å². The molecule has 4 aromatic rings. The molecular formula is C27H30N6O4S. The van der Waals surface area contributed by atoms with Crippen LogP contribution in [0.1, 0.15) is 17.4 Å². The van der Waals surface area contributed by atoms with Crippen LogP contribution >= 0.6 is 11.3 Å². The topological polar surface area (TPSA) is 106 Å². The smallest absolute Gasteiger partial charge is 0.274 e. The molecule has 5 rings (SSSR count). The zero-order chi connectivity index (χ0) is 26.5. The van der Waals surface area contributed by atoms with Crippen LogP contribution in [0.5, 0.6) is 17.4 Å². The van der Waals surface area contributed by atoms with Crippen LogP contribution in [-0.2, 0) is 4.74 Å². The Morgan fingerprint density at radius 1 is 1.05 bits per heavy atom. The van der Waals surface area contributed by atoms with Crippen LogP contribution in [0.25, 0.3) is 22.0 Å². The maximum atomic E-state index is 12.8. The predicted octanol–water partition coefficient (Wildman–Crippen LogP) is 4.19. The number of likely N-dealkylation sites (N-methyl/N-ethyl adjacent to an activating group) is 1. The van der Waals surface area contributed by atoms with Gasteiger partial charge >= 0.3 is 0 Å². The van der Waals surface area contributed by atoms with Gasteiger partial charge in [0.15, 0.2) is 0 Å². The van der Waals surface area contributed by atoms with Gasteiger partial charge in [-0.1, -0.05) is 0 Å². The average molecular weight is 535 g/mol. The molecule has 1 N–H and O–H groups in total. The molecule has 1 aromatic carbocycles. The first-order chi connectivity index (χ1) is 18.5. The molecule has 1 aliphatic rings. The number of amides is 1. The first-order valence-electron chi connectivity index (χ1n) is 12.4. The number of nitrogens with one attached hydrogen (secondary N) is 1. The van der Waals surface area contributed by atoms with Gasteiger partial charge in [-0.25, -0.2) is 15.0 Å². The first kappa shape index (κ1) is 25.8. The first-order valence-corrected chi connectivity index (χ1v) is 13.2. The highest BCUT2D eigenvalue weighted by atomic mass is 32.1. The second-order valence-electron chi connectivity index (χ2n) is 9.14. The number of nitrogens with zero attached hydrogens (tertiary/aromatic N) is 5. The zero-order valence-corrected chi connectivity index (χ0v) is 22.4. The summed E-state index contributed by atoms with van der Waals surface area (Å²) in [7, 11) is 3.69. The molecule has 3 aromatic heterocycles. The molecule has 1 unspecified atom stereocenters. The van der Waals surface area contributed by atoms with E-state index in [1.807, 2.05) is 43.6 Å². The van der Waals surface area contributed by atoms with E-state index in [2.05, 4.69) is 24.8 Å². The van der Waals surface area contributed by atoms with E-state index < -0.39 is 0 Å². The van der Waals surface area contributed by atoms with Crippen LogP contribution in [0.4, 0.5) is 0 Å². The lowest BCUT2D eigenvalue weighted by atomic mass is 10.1. The number of hydrogen-bond acceptors (Lipinski definition) is 9. The highest BCUT2D eigenvalue weighted by Crippen LogP contribution is 2.33. The van der Waals surface area contributed by atoms with Crippen molar-refractivity contribution in [1.82, 2.24) is 29.7 Å². The van der Waals surface area contributed by atoms with E-state index >= 15 is 0 Å². The SMILES string of the molecule is COCC(C)Oc1cc(Oc2cnc(C(=O)N3CCN(C)CC3)cn2)cc(-c2ccc(-c3nccs3)[nH]2)c1. The largest absolute Gasteiger partial charge is 0.488 e. The van der Waals surface area contributed by atoms with Crippen LogP contribution in [0.2, 0.25) is 0 Å². The van der Waals surface area contributed by atoms with Crippen molar-refractivity contribution in [3.05, 3.63) is 60.0 Å². The molecule has 1 fully saturated rings. The number of thiazole rings is 1. The number of carbonyl (C=O) groups excluding carboxylic acids is 1. The van der Waals surface area contributed by atoms with Gasteiger partial charge < -0.3 is 29.0 Å². The number of piperazine rings is 1. The van der Waals surface area contributed by atoms with Crippen LogP contribution in [0, 0.1) is 0 Å². The molecule has 0 aliphatic carbocycles. The van der Waals surface area contributed by atoms with Gasteiger partial charge in [-0.15, -0.1) is 11.3 Å². The fourth-order valence-electron chi connectivity index (χ4n) is 4.17. The molecule has 1 saturated heterocycles. The van der Waals surface area contributed by atoms with Crippen molar-refractivity contribution < 1.29 is 19.0 Å². The number of H-pyrrole nitrogens is 1. The molecule has 198 valence electrons. The van der Waals surface area contributed by atoms with Gasteiger partial charge in [-0.2, -0.15) is 0 Å². The lowest BCUT2D eigenvalue weighted by Gasteiger charge is -2.32. The summed E-state index contributed by atoms with van der Waals surface area (Å²) in [6.45, 7) is 5.43. The third kappa shape index (κ3) is 6.18. The Morgan fingerprint density at radius 2 is 1.84 bits per heavy atom. The van der Waals surface area contributed by atoms with Crippen molar-refractivity contribution in [3.8, 4) is 39.3 Å². The molecule has 10 nitrogen and oxygen atoms in total. The summed E-state index contributed by atoms with van der Waals surface area (Å²) in [5.74, 6) is 1.31.